The van der Waals surface area contributed by atoms with Crippen molar-refractivity contribution in [1.82, 2.24) is 4.72 Å². The SMILES string of the molecule is N#Cc1ccc(S(=O)(=O)N[C@H](CCO)C(=O)O)cc1. The van der Waals surface area contributed by atoms with Crippen LogP contribution in [0.25, 0.3) is 0 Å². The lowest BCUT2D eigenvalue weighted by atomic mass is 10.2. The second-order valence-corrected chi connectivity index (χ2v) is 5.37. The Balaban J connectivity index is 2.96. The molecule has 1 aromatic rings. The summed E-state index contributed by atoms with van der Waals surface area (Å²) in [7, 11) is -4.00. The minimum absolute atomic E-state index is 0.143. The fourth-order valence-corrected chi connectivity index (χ4v) is 2.55. The maximum atomic E-state index is 11.9. The number of nitrogens with zero attached hydrogens (tertiary/aromatic N) is 1. The van der Waals surface area contributed by atoms with Gasteiger partial charge in [-0.15, -0.1) is 0 Å². The lowest BCUT2D eigenvalue weighted by molar-refractivity contribution is -0.139. The topological polar surface area (TPSA) is 127 Å². The van der Waals surface area contributed by atoms with Gasteiger partial charge >= 0.3 is 5.97 Å². The van der Waals surface area contributed by atoms with Crippen LogP contribution in [0.15, 0.2) is 29.2 Å². The monoisotopic (exact) mass is 284 g/mol. The summed E-state index contributed by atoms with van der Waals surface area (Å²) in [6, 6.07) is 5.49. The highest BCUT2D eigenvalue weighted by atomic mass is 32.2. The molecule has 0 saturated carbocycles. The van der Waals surface area contributed by atoms with Gasteiger partial charge in [-0.3, -0.25) is 4.79 Å². The number of nitrogens with one attached hydrogen (secondary N) is 1. The zero-order valence-electron chi connectivity index (χ0n) is 9.78. The van der Waals surface area contributed by atoms with E-state index in [4.69, 9.17) is 15.5 Å². The molecule has 0 aromatic heterocycles. The van der Waals surface area contributed by atoms with Crippen molar-refractivity contribution in [3.8, 4) is 6.07 Å². The average molecular weight is 284 g/mol. The summed E-state index contributed by atoms with van der Waals surface area (Å²) in [5, 5.41) is 26.1. The van der Waals surface area contributed by atoms with Crippen LogP contribution in [0, 0.1) is 11.3 Å². The van der Waals surface area contributed by atoms with Crippen molar-refractivity contribution >= 4 is 16.0 Å². The molecule has 0 spiro atoms. The van der Waals surface area contributed by atoms with Gasteiger partial charge in [0, 0.05) is 6.61 Å². The van der Waals surface area contributed by atoms with Crippen molar-refractivity contribution in [2.45, 2.75) is 17.4 Å². The Bertz CT molecular complexity index is 589. The number of hydrogen-bond acceptors (Lipinski definition) is 5. The number of hydrogen-bond donors (Lipinski definition) is 3. The highest BCUT2D eigenvalue weighted by Gasteiger charge is 2.24. The highest BCUT2D eigenvalue weighted by Crippen LogP contribution is 2.11. The maximum Gasteiger partial charge on any atom is 0.321 e. The summed E-state index contributed by atoms with van der Waals surface area (Å²) in [6.45, 7) is -0.452. The van der Waals surface area contributed by atoms with Crippen molar-refractivity contribution in [2.75, 3.05) is 6.61 Å². The van der Waals surface area contributed by atoms with Gasteiger partial charge < -0.3 is 10.2 Å². The third-order valence-corrected chi connectivity index (χ3v) is 3.79. The molecule has 0 bridgehead atoms. The molecule has 0 heterocycles. The summed E-state index contributed by atoms with van der Waals surface area (Å²) in [5.41, 5.74) is 0.295. The first-order valence-electron chi connectivity index (χ1n) is 5.27. The largest absolute Gasteiger partial charge is 0.480 e. The lowest BCUT2D eigenvalue weighted by Crippen LogP contribution is -2.41. The standard InChI is InChI=1S/C11H12N2O5S/c12-7-8-1-3-9(4-2-8)19(17,18)13-10(5-6-14)11(15)16/h1-4,10,13-14H,5-6H2,(H,15,16)/t10-/m1/s1. The van der Waals surface area contributed by atoms with E-state index >= 15 is 0 Å². The molecule has 0 aliphatic carbocycles. The predicted octanol–water partition coefficient (Wildman–Crippen LogP) is -0.328. The molecule has 19 heavy (non-hydrogen) atoms. The number of carboxylic acids is 1. The molecule has 0 saturated heterocycles. The number of rotatable bonds is 6. The lowest BCUT2D eigenvalue weighted by Gasteiger charge is -2.13. The van der Waals surface area contributed by atoms with Crippen molar-refractivity contribution in [2.24, 2.45) is 0 Å². The van der Waals surface area contributed by atoms with Gasteiger partial charge in [0.05, 0.1) is 16.5 Å². The van der Waals surface area contributed by atoms with E-state index in [9.17, 15) is 13.2 Å². The average Bonchev–Trinajstić information content (AvgIpc) is 2.38. The zero-order valence-corrected chi connectivity index (χ0v) is 10.6. The van der Waals surface area contributed by atoms with E-state index in [-0.39, 0.29) is 11.3 Å². The van der Waals surface area contributed by atoms with Crippen molar-refractivity contribution in [3.63, 3.8) is 0 Å². The minimum atomic E-state index is -4.00. The third kappa shape index (κ3) is 4.03. The van der Waals surface area contributed by atoms with Crippen molar-refractivity contribution < 1.29 is 23.4 Å². The van der Waals surface area contributed by atoms with E-state index in [1.165, 1.54) is 24.3 Å². The first kappa shape index (κ1) is 15.1. The number of sulfonamides is 1. The number of benzene rings is 1. The molecule has 3 N–H and O–H groups in total. The smallest absolute Gasteiger partial charge is 0.321 e. The van der Waals surface area contributed by atoms with Crippen LogP contribution in [0.3, 0.4) is 0 Å². The van der Waals surface area contributed by atoms with Gasteiger partial charge in [-0.05, 0) is 30.7 Å². The second-order valence-electron chi connectivity index (χ2n) is 3.66. The minimum Gasteiger partial charge on any atom is -0.480 e. The number of carbonyl (C=O) groups is 1. The van der Waals surface area contributed by atoms with E-state index in [0.29, 0.717) is 5.56 Å². The summed E-state index contributed by atoms with van der Waals surface area (Å²) < 4.78 is 25.7. The summed E-state index contributed by atoms with van der Waals surface area (Å²) in [4.78, 5) is 10.7. The van der Waals surface area contributed by atoms with Gasteiger partial charge in [0.15, 0.2) is 0 Å². The van der Waals surface area contributed by atoms with Crippen LogP contribution >= 0.6 is 0 Å². The number of aliphatic carboxylic acids is 1. The molecule has 0 radical (unpaired) electrons. The predicted molar refractivity (Wildman–Crippen MR) is 64.6 cm³/mol. The van der Waals surface area contributed by atoms with E-state index in [2.05, 4.69) is 0 Å². The number of carboxylic acid groups (broad SMARTS) is 1. The maximum absolute atomic E-state index is 11.9. The number of nitriles is 1. The van der Waals surface area contributed by atoms with E-state index < -0.39 is 28.6 Å². The molecule has 8 heteroatoms. The van der Waals surface area contributed by atoms with E-state index in [1.54, 1.807) is 0 Å². The van der Waals surface area contributed by atoms with Crippen LogP contribution < -0.4 is 4.72 Å². The Morgan fingerprint density at radius 2 is 1.95 bits per heavy atom. The molecule has 0 amide bonds. The van der Waals surface area contributed by atoms with E-state index in [1.807, 2.05) is 10.8 Å². The van der Waals surface area contributed by atoms with Gasteiger partial charge in [-0.1, -0.05) is 0 Å². The van der Waals surface area contributed by atoms with Gasteiger partial charge in [-0.2, -0.15) is 9.98 Å². The highest BCUT2D eigenvalue weighted by molar-refractivity contribution is 7.89. The molecule has 0 aliphatic rings. The van der Waals surface area contributed by atoms with Crippen LogP contribution in [-0.2, 0) is 14.8 Å². The third-order valence-electron chi connectivity index (χ3n) is 2.31. The molecule has 1 rings (SSSR count). The summed E-state index contributed by atoms with van der Waals surface area (Å²) >= 11 is 0. The Morgan fingerprint density at radius 1 is 1.37 bits per heavy atom. The van der Waals surface area contributed by atoms with Crippen LogP contribution in [0.1, 0.15) is 12.0 Å². The molecule has 0 fully saturated rings. The van der Waals surface area contributed by atoms with Gasteiger partial charge in [-0.25, -0.2) is 8.42 Å². The molecular formula is C11H12N2O5S. The first-order chi connectivity index (χ1) is 8.90. The van der Waals surface area contributed by atoms with Crippen LogP contribution in [0.4, 0.5) is 0 Å². The normalized spacial score (nSPS) is 12.6. The van der Waals surface area contributed by atoms with Gasteiger partial charge in [0.1, 0.15) is 6.04 Å². The van der Waals surface area contributed by atoms with Crippen LogP contribution in [0.5, 0.6) is 0 Å². The summed E-state index contributed by atoms with van der Waals surface area (Å²) in [6.07, 6.45) is -0.231. The fraction of sp³-hybridized carbons (Fsp3) is 0.273. The van der Waals surface area contributed by atoms with Crippen LogP contribution in [-0.4, -0.2) is 37.2 Å². The molecule has 102 valence electrons. The fourth-order valence-electron chi connectivity index (χ4n) is 1.33. The van der Waals surface area contributed by atoms with Crippen molar-refractivity contribution in [3.05, 3.63) is 29.8 Å². The van der Waals surface area contributed by atoms with Gasteiger partial charge in [0.25, 0.3) is 0 Å². The first-order valence-corrected chi connectivity index (χ1v) is 6.75. The van der Waals surface area contributed by atoms with E-state index in [0.717, 1.165) is 0 Å². The molecule has 1 atom stereocenters. The van der Waals surface area contributed by atoms with Gasteiger partial charge in [0.2, 0.25) is 10.0 Å². The zero-order chi connectivity index (χ0) is 14.5. The molecule has 7 nitrogen and oxygen atoms in total. The summed E-state index contributed by atoms with van der Waals surface area (Å²) in [5.74, 6) is -1.37. The number of aliphatic hydroxyl groups is 1. The second kappa shape index (κ2) is 6.29. The Labute approximate surface area is 110 Å². The molecular weight excluding hydrogens is 272 g/mol. The number of aliphatic hydroxyl groups excluding tert-OH is 1. The Kier molecular flexibility index (Phi) is 5.00. The van der Waals surface area contributed by atoms with Crippen LogP contribution in [0.2, 0.25) is 0 Å². The molecule has 0 aliphatic heterocycles. The molecule has 1 aromatic carbocycles. The van der Waals surface area contributed by atoms with Crippen molar-refractivity contribution in [1.29, 1.82) is 5.26 Å². The Morgan fingerprint density at radius 3 is 2.37 bits per heavy atom. The Hall–Kier alpha value is -1.95. The molecule has 0 unspecified atom stereocenters. The quantitative estimate of drug-likeness (QED) is 0.656.